The number of phenolic OH excluding ortho intramolecular Hbond substituents is 1. The molecule has 2 heterocycles. The summed E-state index contributed by atoms with van der Waals surface area (Å²) in [4.78, 5) is 3.21. The minimum Gasteiger partial charge on any atom is -0.508 e. The van der Waals surface area contributed by atoms with Gasteiger partial charge in [-0.25, -0.2) is 8.42 Å². The van der Waals surface area contributed by atoms with Crippen LogP contribution < -0.4 is 5.32 Å². The van der Waals surface area contributed by atoms with Gasteiger partial charge in [-0.3, -0.25) is 0 Å². The van der Waals surface area contributed by atoms with E-state index in [4.69, 9.17) is 0 Å². The molecular formula is C18H19N3O4S. The maximum absolute atomic E-state index is 12.9. The number of H-pyrrole nitrogens is 1. The lowest BCUT2D eigenvalue weighted by Crippen LogP contribution is -2.32. The number of aliphatic hydroxyl groups excluding tert-OH is 1. The highest BCUT2D eigenvalue weighted by Crippen LogP contribution is 2.26. The lowest BCUT2D eigenvalue weighted by atomic mass is 10.2. The Morgan fingerprint density at radius 3 is 2.62 bits per heavy atom. The molecule has 7 nitrogen and oxygen atoms in total. The number of anilines is 1. The molecular weight excluding hydrogens is 354 g/mol. The summed E-state index contributed by atoms with van der Waals surface area (Å²) in [6, 6.07) is 12.8. The van der Waals surface area contributed by atoms with Crippen molar-refractivity contribution in [1.82, 2.24) is 9.29 Å². The normalized spacial score (nSPS) is 21.3. The molecule has 4 rings (SSSR count). The maximum atomic E-state index is 12.9. The Kier molecular flexibility index (Phi) is 4.10. The van der Waals surface area contributed by atoms with E-state index in [-0.39, 0.29) is 23.7 Å². The van der Waals surface area contributed by atoms with Gasteiger partial charge in [-0.2, -0.15) is 4.31 Å². The second-order valence-electron chi connectivity index (χ2n) is 6.41. The number of nitrogens with one attached hydrogen (secondary N) is 2. The van der Waals surface area contributed by atoms with Crippen LogP contribution in [-0.4, -0.2) is 53.2 Å². The molecule has 0 amide bonds. The van der Waals surface area contributed by atoms with Crippen molar-refractivity contribution < 1.29 is 18.6 Å². The van der Waals surface area contributed by atoms with E-state index < -0.39 is 22.2 Å². The van der Waals surface area contributed by atoms with Gasteiger partial charge >= 0.3 is 0 Å². The van der Waals surface area contributed by atoms with Crippen molar-refractivity contribution in [2.24, 2.45) is 0 Å². The van der Waals surface area contributed by atoms with E-state index in [0.29, 0.717) is 5.69 Å². The molecule has 2 aromatic carbocycles. The van der Waals surface area contributed by atoms with Crippen molar-refractivity contribution in [3.8, 4) is 5.75 Å². The Balaban J connectivity index is 1.54. The SMILES string of the molecule is O=S(=O)(c1ccc2cc[nH]c2c1)N1CC(O)C(Nc2ccc(O)cc2)C1. The van der Waals surface area contributed by atoms with Crippen molar-refractivity contribution in [3.63, 3.8) is 0 Å². The van der Waals surface area contributed by atoms with E-state index >= 15 is 0 Å². The largest absolute Gasteiger partial charge is 0.508 e. The summed E-state index contributed by atoms with van der Waals surface area (Å²) in [7, 11) is -3.70. The van der Waals surface area contributed by atoms with Crippen LogP contribution in [0.25, 0.3) is 10.9 Å². The number of benzene rings is 2. The van der Waals surface area contributed by atoms with E-state index in [1.54, 1.807) is 36.5 Å². The number of aromatic hydroxyl groups is 1. The van der Waals surface area contributed by atoms with E-state index in [1.165, 1.54) is 16.4 Å². The number of hydrogen-bond donors (Lipinski definition) is 4. The van der Waals surface area contributed by atoms with E-state index in [0.717, 1.165) is 10.9 Å². The Labute approximate surface area is 150 Å². The highest BCUT2D eigenvalue weighted by Gasteiger charge is 2.38. The van der Waals surface area contributed by atoms with Gasteiger partial charge in [0.05, 0.1) is 17.0 Å². The van der Waals surface area contributed by atoms with Crippen LogP contribution in [0.2, 0.25) is 0 Å². The first-order valence-corrected chi connectivity index (χ1v) is 9.68. The zero-order chi connectivity index (χ0) is 18.3. The molecule has 1 fully saturated rings. The molecule has 1 saturated heterocycles. The number of nitrogens with zero attached hydrogens (tertiary/aromatic N) is 1. The van der Waals surface area contributed by atoms with Crippen molar-refractivity contribution in [1.29, 1.82) is 0 Å². The number of phenols is 1. The van der Waals surface area contributed by atoms with Crippen LogP contribution in [-0.2, 0) is 10.0 Å². The van der Waals surface area contributed by atoms with Crippen molar-refractivity contribution >= 4 is 26.6 Å². The van der Waals surface area contributed by atoms with E-state index in [9.17, 15) is 18.6 Å². The fourth-order valence-corrected chi connectivity index (χ4v) is 4.71. The summed E-state index contributed by atoms with van der Waals surface area (Å²) in [6.45, 7) is 0.188. The standard InChI is InChI=1S/C18H19N3O4S/c22-14-4-2-13(3-5-14)20-17-10-21(11-18(17)23)26(24,25)15-6-1-12-7-8-19-16(12)9-15/h1-9,17-20,22-23H,10-11H2. The first-order chi connectivity index (χ1) is 12.4. The third-order valence-corrected chi connectivity index (χ3v) is 6.47. The Bertz CT molecular complexity index is 1030. The predicted molar refractivity (Wildman–Crippen MR) is 98.6 cm³/mol. The molecule has 1 aliphatic heterocycles. The topological polar surface area (TPSA) is 106 Å². The van der Waals surface area contributed by atoms with Crippen molar-refractivity contribution in [2.45, 2.75) is 17.0 Å². The van der Waals surface area contributed by atoms with Crippen LogP contribution in [0.1, 0.15) is 0 Å². The van der Waals surface area contributed by atoms with Crippen LogP contribution in [0, 0.1) is 0 Å². The molecule has 0 spiro atoms. The van der Waals surface area contributed by atoms with Crippen molar-refractivity contribution in [2.75, 3.05) is 18.4 Å². The van der Waals surface area contributed by atoms with Gasteiger partial charge in [0.15, 0.2) is 0 Å². The first-order valence-electron chi connectivity index (χ1n) is 8.24. The Hall–Kier alpha value is -2.55. The number of fused-ring (bicyclic) bond motifs is 1. The maximum Gasteiger partial charge on any atom is 0.243 e. The summed E-state index contributed by atoms with van der Waals surface area (Å²) in [6.07, 6.45) is 0.936. The first kappa shape index (κ1) is 16.9. The van der Waals surface area contributed by atoms with Gasteiger partial charge in [0.25, 0.3) is 0 Å². The lowest BCUT2D eigenvalue weighted by Gasteiger charge is -2.18. The number of rotatable bonds is 4. The van der Waals surface area contributed by atoms with Gasteiger partial charge in [0, 0.05) is 30.5 Å². The lowest BCUT2D eigenvalue weighted by molar-refractivity contribution is 0.179. The molecule has 8 heteroatoms. The minimum atomic E-state index is -3.70. The number of aromatic amines is 1. The van der Waals surface area contributed by atoms with Crippen molar-refractivity contribution in [3.05, 3.63) is 54.7 Å². The van der Waals surface area contributed by atoms with Gasteiger partial charge in [-0.15, -0.1) is 0 Å². The zero-order valence-corrected chi connectivity index (χ0v) is 14.6. The predicted octanol–water partition coefficient (Wildman–Crippen LogP) is 1.72. The van der Waals surface area contributed by atoms with Crippen LogP contribution in [0.4, 0.5) is 5.69 Å². The van der Waals surface area contributed by atoms with Crippen LogP contribution in [0.5, 0.6) is 5.75 Å². The highest BCUT2D eigenvalue weighted by atomic mass is 32.2. The fourth-order valence-electron chi connectivity index (χ4n) is 3.20. The minimum absolute atomic E-state index is 0.0286. The average molecular weight is 373 g/mol. The molecule has 1 aromatic heterocycles. The van der Waals surface area contributed by atoms with Crippen LogP contribution >= 0.6 is 0 Å². The summed E-state index contributed by atoms with van der Waals surface area (Å²) in [5.41, 5.74) is 1.46. The van der Waals surface area contributed by atoms with Gasteiger partial charge in [0.2, 0.25) is 10.0 Å². The molecule has 2 unspecified atom stereocenters. The zero-order valence-electron chi connectivity index (χ0n) is 13.8. The third-order valence-electron chi connectivity index (χ3n) is 4.64. The Morgan fingerprint density at radius 2 is 1.85 bits per heavy atom. The Morgan fingerprint density at radius 1 is 1.08 bits per heavy atom. The van der Waals surface area contributed by atoms with Gasteiger partial charge < -0.3 is 20.5 Å². The summed E-state index contributed by atoms with van der Waals surface area (Å²) < 4.78 is 27.1. The second-order valence-corrected chi connectivity index (χ2v) is 8.35. The van der Waals surface area contributed by atoms with E-state index in [2.05, 4.69) is 10.3 Å². The van der Waals surface area contributed by atoms with E-state index in [1.807, 2.05) is 6.07 Å². The fraction of sp³-hybridized carbons (Fsp3) is 0.222. The second kappa shape index (κ2) is 6.31. The molecule has 0 bridgehead atoms. The summed E-state index contributed by atoms with van der Waals surface area (Å²) >= 11 is 0. The molecule has 0 aliphatic carbocycles. The molecule has 3 aromatic rings. The molecule has 2 atom stereocenters. The molecule has 4 N–H and O–H groups in total. The highest BCUT2D eigenvalue weighted by molar-refractivity contribution is 7.89. The number of aromatic nitrogens is 1. The number of sulfonamides is 1. The monoisotopic (exact) mass is 373 g/mol. The summed E-state index contributed by atoms with van der Waals surface area (Å²) in [5.74, 6) is 0.145. The third kappa shape index (κ3) is 3.03. The van der Waals surface area contributed by atoms with Gasteiger partial charge in [-0.1, -0.05) is 6.07 Å². The number of hydrogen-bond acceptors (Lipinski definition) is 5. The molecule has 0 radical (unpaired) electrons. The van der Waals surface area contributed by atoms with Crippen LogP contribution in [0.3, 0.4) is 0 Å². The molecule has 136 valence electrons. The number of aliphatic hydroxyl groups is 1. The van der Waals surface area contributed by atoms with Gasteiger partial charge in [0.1, 0.15) is 5.75 Å². The summed E-state index contributed by atoms with van der Waals surface area (Å²) in [5, 5.41) is 23.7. The molecule has 0 saturated carbocycles. The number of β-amino-alcohol motifs (C(OH)–C–C–N with tert-alkyl or cyclic N) is 1. The molecule has 26 heavy (non-hydrogen) atoms. The average Bonchev–Trinajstić information content (AvgIpc) is 3.23. The van der Waals surface area contributed by atoms with Crippen LogP contribution in [0.15, 0.2) is 59.6 Å². The molecule has 1 aliphatic rings. The van der Waals surface area contributed by atoms with Gasteiger partial charge in [-0.05, 0) is 47.9 Å². The quantitative estimate of drug-likeness (QED) is 0.521. The smallest absolute Gasteiger partial charge is 0.243 e.